The lowest BCUT2D eigenvalue weighted by Gasteiger charge is -2.31. The first-order valence-corrected chi connectivity index (χ1v) is 8.53. The van der Waals surface area contributed by atoms with Crippen molar-refractivity contribution in [2.75, 3.05) is 6.54 Å². The number of rotatable bonds is 4. The number of carbonyl (C=O) groups is 1. The fourth-order valence-electron chi connectivity index (χ4n) is 3.39. The van der Waals surface area contributed by atoms with E-state index in [0.717, 1.165) is 43.9 Å². The van der Waals surface area contributed by atoms with Gasteiger partial charge >= 0.3 is 0 Å². The summed E-state index contributed by atoms with van der Waals surface area (Å²) in [6.45, 7) is 0.506. The van der Waals surface area contributed by atoms with Gasteiger partial charge in [-0.3, -0.25) is 4.79 Å². The van der Waals surface area contributed by atoms with Crippen molar-refractivity contribution in [1.29, 1.82) is 0 Å². The van der Waals surface area contributed by atoms with Crippen molar-refractivity contribution in [2.45, 2.75) is 44.2 Å². The third-order valence-corrected chi connectivity index (χ3v) is 4.61. The highest BCUT2D eigenvalue weighted by Gasteiger charge is 2.29. The summed E-state index contributed by atoms with van der Waals surface area (Å²) in [4.78, 5) is 14.5. The predicted octanol–water partition coefficient (Wildman–Crippen LogP) is 4.07. The Kier molecular flexibility index (Phi) is 5.48. The largest absolute Gasteiger partial charge is 0.467 e. The Balaban J connectivity index is 1.81. The number of nitrogens with zero attached hydrogens (tertiary/aromatic N) is 1. The SMILES string of the molecule is O=C(c1cc(F)cc(F)c1)N1CCCCCC1CC(O)c1ccco1. The summed E-state index contributed by atoms with van der Waals surface area (Å²) in [5.41, 5.74) is -0.00288. The highest BCUT2D eigenvalue weighted by Crippen LogP contribution is 2.28. The number of amides is 1. The monoisotopic (exact) mass is 349 g/mol. The van der Waals surface area contributed by atoms with E-state index in [-0.39, 0.29) is 11.6 Å². The number of likely N-dealkylation sites (tertiary alicyclic amines) is 1. The first-order chi connectivity index (χ1) is 12.0. The molecule has 2 aromatic rings. The third-order valence-electron chi connectivity index (χ3n) is 4.61. The van der Waals surface area contributed by atoms with Crippen LogP contribution in [0.25, 0.3) is 0 Å². The molecule has 1 saturated heterocycles. The Hall–Kier alpha value is -2.21. The molecule has 1 aromatic carbocycles. The minimum Gasteiger partial charge on any atom is -0.467 e. The number of hydrogen-bond acceptors (Lipinski definition) is 3. The van der Waals surface area contributed by atoms with Gasteiger partial charge in [0.15, 0.2) is 0 Å². The van der Waals surface area contributed by atoms with Crippen LogP contribution in [0.4, 0.5) is 8.78 Å². The van der Waals surface area contributed by atoms with Crippen LogP contribution in [-0.2, 0) is 0 Å². The van der Waals surface area contributed by atoms with Crippen molar-refractivity contribution < 1.29 is 23.1 Å². The molecule has 2 unspecified atom stereocenters. The molecule has 0 bridgehead atoms. The van der Waals surface area contributed by atoms with Crippen molar-refractivity contribution in [3.05, 3.63) is 59.6 Å². The average molecular weight is 349 g/mol. The number of furan rings is 1. The fourth-order valence-corrected chi connectivity index (χ4v) is 3.39. The molecule has 1 fully saturated rings. The molecule has 134 valence electrons. The molecule has 1 aliphatic heterocycles. The van der Waals surface area contributed by atoms with Crippen LogP contribution in [-0.4, -0.2) is 28.5 Å². The van der Waals surface area contributed by atoms with Crippen LogP contribution in [0.3, 0.4) is 0 Å². The Morgan fingerprint density at radius 1 is 1.24 bits per heavy atom. The number of aliphatic hydroxyl groups excluding tert-OH is 1. The minimum absolute atomic E-state index is 0.00288. The summed E-state index contributed by atoms with van der Waals surface area (Å²) in [5.74, 6) is -1.50. The second-order valence-corrected chi connectivity index (χ2v) is 6.43. The topological polar surface area (TPSA) is 53.7 Å². The number of halogens is 2. The van der Waals surface area contributed by atoms with E-state index in [1.165, 1.54) is 6.26 Å². The molecule has 0 saturated carbocycles. The van der Waals surface area contributed by atoms with E-state index >= 15 is 0 Å². The molecule has 6 heteroatoms. The Morgan fingerprint density at radius 3 is 2.68 bits per heavy atom. The van der Waals surface area contributed by atoms with Crippen LogP contribution in [0, 0.1) is 11.6 Å². The van der Waals surface area contributed by atoms with Gasteiger partial charge in [-0.25, -0.2) is 8.78 Å². The molecule has 1 aliphatic rings. The van der Waals surface area contributed by atoms with Gasteiger partial charge in [-0.05, 0) is 37.1 Å². The van der Waals surface area contributed by atoms with E-state index in [9.17, 15) is 18.7 Å². The third kappa shape index (κ3) is 4.25. The van der Waals surface area contributed by atoms with Crippen LogP contribution >= 0.6 is 0 Å². The fraction of sp³-hybridized carbons (Fsp3) is 0.421. The summed E-state index contributed by atoms with van der Waals surface area (Å²) in [6.07, 6.45) is 4.49. The van der Waals surface area contributed by atoms with E-state index in [4.69, 9.17) is 4.42 Å². The summed E-state index contributed by atoms with van der Waals surface area (Å²) in [7, 11) is 0. The molecule has 0 aliphatic carbocycles. The maximum atomic E-state index is 13.5. The quantitative estimate of drug-likeness (QED) is 0.905. The molecule has 2 atom stereocenters. The highest BCUT2D eigenvalue weighted by molar-refractivity contribution is 5.94. The normalized spacial score (nSPS) is 19.5. The van der Waals surface area contributed by atoms with E-state index in [2.05, 4.69) is 0 Å². The average Bonchev–Trinajstić information content (AvgIpc) is 3.01. The highest BCUT2D eigenvalue weighted by atomic mass is 19.1. The zero-order valence-electron chi connectivity index (χ0n) is 13.8. The molecular formula is C19H21F2NO3. The Morgan fingerprint density at radius 2 is 2.00 bits per heavy atom. The van der Waals surface area contributed by atoms with Gasteiger partial charge in [0.25, 0.3) is 5.91 Å². The molecule has 1 aromatic heterocycles. The zero-order valence-corrected chi connectivity index (χ0v) is 13.8. The van der Waals surface area contributed by atoms with Crippen molar-refractivity contribution in [3.63, 3.8) is 0 Å². The zero-order chi connectivity index (χ0) is 17.8. The first kappa shape index (κ1) is 17.6. The Labute approximate surface area is 145 Å². The lowest BCUT2D eigenvalue weighted by molar-refractivity contribution is 0.0556. The van der Waals surface area contributed by atoms with Gasteiger partial charge in [-0.15, -0.1) is 0 Å². The van der Waals surface area contributed by atoms with Crippen molar-refractivity contribution in [1.82, 2.24) is 4.90 Å². The van der Waals surface area contributed by atoms with Gasteiger partial charge in [0.05, 0.1) is 6.26 Å². The molecule has 1 N–H and O–H groups in total. The molecule has 3 rings (SSSR count). The maximum absolute atomic E-state index is 13.5. The summed E-state index contributed by atoms with van der Waals surface area (Å²) < 4.78 is 32.2. The van der Waals surface area contributed by atoms with Gasteiger partial charge in [0.1, 0.15) is 23.5 Å². The summed E-state index contributed by atoms with van der Waals surface area (Å²) in [5, 5.41) is 10.4. The van der Waals surface area contributed by atoms with Gasteiger partial charge in [0, 0.05) is 30.6 Å². The van der Waals surface area contributed by atoms with E-state index < -0.39 is 23.6 Å². The molecule has 1 amide bonds. The standard InChI is InChI=1S/C19H21F2NO3/c20-14-9-13(10-15(21)11-14)19(24)22-7-3-1-2-5-16(22)12-17(23)18-6-4-8-25-18/h4,6,8-11,16-17,23H,1-3,5,7,12H2. The van der Waals surface area contributed by atoms with E-state index in [0.29, 0.717) is 18.7 Å². The van der Waals surface area contributed by atoms with Crippen LogP contribution in [0.15, 0.2) is 41.0 Å². The van der Waals surface area contributed by atoms with Gasteiger partial charge < -0.3 is 14.4 Å². The number of benzene rings is 1. The summed E-state index contributed by atoms with van der Waals surface area (Å²) >= 11 is 0. The summed E-state index contributed by atoms with van der Waals surface area (Å²) in [6, 6.07) is 6.03. The molecule has 0 radical (unpaired) electrons. The van der Waals surface area contributed by atoms with Gasteiger partial charge in [-0.1, -0.05) is 12.8 Å². The van der Waals surface area contributed by atoms with E-state index in [1.807, 2.05) is 0 Å². The van der Waals surface area contributed by atoms with E-state index in [1.54, 1.807) is 17.0 Å². The number of hydrogen-bond donors (Lipinski definition) is 1. The second-order valence-electron chi connectivity index (χ2n) is 6.43. The molecular weight excluding hydrogens is 328 g/mol. The minimum atomic E-state index is -0.822. The van der Waals surface area contributed by atoms with Crippen LogP contribution in [0.1, 0.15) is 54.3 Å². The van der Waals surface area contributed by atoms with Crippen molar-refractivity contribution in [3.8, 4) is 0 Å². The lowest BCUT2D eigenvalue weighted by atomic mass is 10.0. The lowest BCUT2D eigenvalue weighted by Crippen LogP contribution is -2.41. The molecule has 2 heterocycles. The number of carbonyl (C=O) groups excluding carboxylic acids is 1. The molecule has 0 spiro atoms. The molecule has 4 nitrogen and oxygen atoms in total. The van der Waals surface area contributed by atoms with Crippen LogP contribution in [0.5, 0.6) is 0 Å². The number of aliphatic hydroxyl groups is 1. The Bertz CT molecular complexity index is 697. The first-order valence-electron chi connectivity index (χ1n) is 8.53. The van der Waals surface area contributed by atoms with Gasteiger partial charge in [0.2, 0.25) is 0 Å². The smallest absolute Gasteiger partial charge is 0.254 e. The molecule has 25 heavy (non-hydrogen) atoms. The van der Waals surface area contributed by atoms with Crippen molar-refractivity contribution >= 4 is 5.91 Å². The maximum Gasteiger partial charge on any atom is 0.254 e. The van der Waals surface area contributed by atoms with Crippen LogP contribution in [0.2, 0.25) is 0 Å². The second kappa shape index (κ2) is 7.78. The van der Waals surface area contributed by atoms with Crippen molar-refractivity contribution in [2.24, 2.45) is 0 Å². The van der Waals surface area contributed by atoms with Crippen LogP contribution < -0.4 is 0 Å². The predicted molar refractivity (Wildman–Crippen MR) is 87.9 cm³/mol. The van der Waals surface area contributed by atoms with Gasteiger partial charge in [-0.2, -0.15) is 0 Å².